The van der Waals surface area contributed by atoms with E-state index in [0.29, 0.717) is 5.56 Å². The van der Waals surface area contributed by atoms with E-state index in [1.165, 1.54) is 25.0 Å². The van der Waals surface area contributed by atoms with E-state index in [0.717, 1.165) is 12.8 Å². The summed E-state index contributed by atoms with van der Waals surface area (Å²) in [6, 6.07) is 5.98. The summed E-state index contributed by atoms with van der Waals surface area (Å²) in [4.78, 5) is 5.42. The monoisotopic (exact) mass is 239 g/mol. The lowest BCUT2D eigenvalue weighted by Crippen LogP contribution is -2.26. The molecule has 94 valence electrons. The van der Waals surface area contributed by atoms with E-state index in [2.05, 4.69) is 5.48 Å². The Morgan fingerprint density at radius 1 is 1.41 bits per heavy atom. The van der Waals surface area contributed by atoms with Crippen LogP contribution in [0.15, 0.2) is 24.3 Å². The molecular formula is C13H18FNO2. The van der Waals surface area contributed by atoms with Gasteiger partial charge in [-0.05, 0) is 30.5 Å². The second-order valence-corrected chi connectivity index (χ2v) is 4.44. The second-order valence-electron chi connectivity index (χ2n) is 4.44. The molecule has 1 aromatic carbocycles. The molecule has 0 saturated heterocycles. The molecule has 0 spiro atoms. The third kappa shape index (κ3) is 3.77. The predicted molar refractivity (Wildman–Crippen MR) is 62.7 cm³/mol. The maximum atomic E-state index is 12.9. The standard InChI is InChI=1S/C13H18FNO2/c14-11-5-3-4-10(8-11)13(16)9-15-17-12-6-1-2-7-12/h3-5,8,12-13,15-16H,1-2,6-7,9H2. The number of hydrogen-bond donors (Lipinski definition) is 2. The molecule has 1 atom stereocenters. The number of aliphatic hydroxyl groups is 1. The van der Waals surface area contributed by atoms with E-state index in [9.17, 15) is 9.50 Å². The van der Waals surface area contributed by atoms with E-state index < -0.39 is 6.10 Å². The van der Waals surface area contributed by atoms with Crippen LogP contribution < -0.4 is 5.48 Å². The number of rotatable bonds is 5. The Morgan fingerprint density at radius 2 is 2.18 bits per heavy atom. The first-order chi connectivity index (χ1) is 8.25. The average molecular weight is 239 g/mol. The number of hydrogen-bond acceptors (Lipinski definition) is 3. The number of aliphatic hydroxyl groups excluding tert-OH is 1. The van der Waals surface area contributed by atoms with E-state index >= 15 is 0 Å². The fraction of sp³-hybridized carbons (Fsp3) is 0.538. The van der Waals surface area contributed by atoms with Gasteiger partial charge in [0.25, 0.3) is 0 Å². The van der Waals surface area contributed by atoms with E-state index in [1.54, 1.807) is 12.1 Å². The molecule has 0 amide bonds. The number of hydroxylamine groups is 1. The van der Waals surface area contributed by atoms with Gasteiger partial charge in [-0.15, -0.1) is 0 Å². The van der Waals surface area contributed by atoms with Gasteiger partial charge in [0.15, 0.2) is 0 Å². The molecule has 1 aliphatic rings. The van der Waals surface area contributed by atoms with Gasteiger partial charge >= 0.3 is 0 Å². The van der Waals surface area contributed by atoms with E-state index in [4.69, 9.17) is 4.84 Å². The topological polar surface area (TPSA) is 41.5 Å². The summed E-state index contributed by atoms with van der Waals surface area (Å²) in [5, 5.41) is 9.81. The third-order valence-electron chi connectivity index (χ3n) is 3.06. The quantitative estimate of drug-likeness (QED) is 0.775. The number of halogens is 1. The van der Waals surface area contributed by atoms with Gasteiger partial charge in [-0.3, -0.25) is 4.84 Å². The van der Waals surface area contributed by atoms with Crippen molar-refractivity contribution in [3.8, 4) is 0 Å². The van der Waals surface area contributed by atoms with Gasteiger partial charge in [0.05, 0.1) is 18.8 Å². The van der Waals surface area contributed by atoms with Crippen molar-refractivity contribution < 1.29 is 14.3 Å². The van der Waals surface area contributed by atoms with Crippen LogP contribution in [0, 0.1) is 5.82 Å². The molecule has 2 N–H and O–H groups in total. The second kappa shape index (κ2) is 6.10. The van der Waals surface area contributed by atoms with Gasteiger partial charge in [-0.25, -0.2) is 4.39 Å². The first kappa shape index (κ1) is 12.5. The maximum Gasteiger partial charge on any atom is 0.123 e. The molecule has 3 nitrogen and oxygen atoms in total. The highest BCUT2D eigenvalue weighted by Crippen LogP contribution is 2.20. The number of nitrogens with one attached hydrogen (secondary N) is 1. The van der Waals surface area contributed by atoms with Crippen molar-refractivity contribution in [2.24, 2.45) is 0 Å². The zero-order chi connectivity index (χ0) is 12.1. The lowest BCUT2D eigenvalue weighted by molar-refractivity contribution is -0.0372. The zero-order valence-electron chi connectivity index (χ0n) is 9.73. The van der Waals surface area contributed by atoms with Crippen LogP contribution in [0.3, 0.4) is 0 Å². The first-order valence-electron chi connectivity index (χ1n) is 6.08. The van der Waals surface area contributed by atoms with Crippen molar-refractivity contribution in [2.75, 3.05) is 6.54 Å². The third-order valence-corrected chi connectivity index (χ3v) is 3.06. The summed E-state index contributed by atoms with van der Waals surface area (Å²) in [5.74, 6) is -0.335. The average Bonchev–Trinajstić information content (AvgIpc) is 2.82. The molecule has 1 unspecified atom stereocenters. The molecule has 1 fully saturated rings. The molecule has 0 aromatic heterocycles. The van der Waals surface area contributed by atoms with E-state index in [1.807, 2.05) is 0 Å². The molecular weight excluding hydrogens is 221 g/mol. The fourth-order valence-corrected chi connectivity index (χ4v) is 2.08. The van der Waals surface area contributed by atoms with Crippen LogP contribution in [-0.4, -0.2) is 17.8 Å². The number of benzene rings is 1. The molecule has 0 bridgehead atoms. The largest absolute Gasteiger partial charge is 0.387 e. The van der Waals surface area contributed by atoms with Gasteiger partial charge in [0.2, 0.25) is 0 Å². The van der Waals surface area contributed by atoms with Crippen molar-refractivity contribution >= 4 is 0 Å². The molecule has 2 rings (SSSR count). The van der Waals surface area contributed by atoms with Gasteiger partial charge in [0, 0.05) is 0 Å². The summed E-state index contributed by atoms with van der Waals surface area (Å²) in [5.41, 5.74) is 3.34. The van der Waals surface area contributed by atoms with Gasteiger partial charge < -0.3 is 5.11 Å². The van der Waals surface area contributed by atoms with Crippen molar-refractivity contribution in [1.29, 1.82) is 0 Å². The summed E-state index contributed by atoms with van der Waals surface area (Å²) >= 11 is 0. The molecule has 0 heterocycles. The van der Waals surface area contributed by atoms with Crippen LogP contribution >= 0.6 is 0 Å². The van der Waals surface area contributed by atoms with Crippen LogP contribution in [-0.2, 0) is 4.84 Å². The van der Waals surface area contributed by atoms with Crippen LogP contribution in [0.5, 0.6) is 0 Å². The highest BCUT2D eigenvalue weighted by molar-refractivity contribution is 5.18. The molecule has 4 heteroatoms. The maximum absolute atomic E-state index is 12.9. The molecule has 0 aliphatic heterocycles. The van der Waals surface area contributed by atoms with Gasteiger partial charge in [0.1, 0.15) is 5.82 Å². The van der Waals surface area contributed by atoms with Crippen molar-refractivity contribution in [3.05, 3.63) is 35.6 Å². The Hall–Kier alpha value is -0.970. The minimum Gasteiger partial charge on any atom is -0.387 e. The molecule has 0 radical (unpaired) electrons. The lowest BCUT2D eigenvalue weighted by Gasteiger charge is -2.15. The summed E-state index contributed by atoms with van der Waals surface area (Å²) in [6.07, 6.45) is 4.07. The smallest absolute Gasteiger partial charge is 0.123 e. The van der Waals surface area contributed by atoms with Crippen molar-refractivity contribution in [1.82, 2.24) is 5.48 Å². The summed E-state index contributed by atoms with van der Waals surface area (Å²) in [7, 11) is 0. The Bertz CT molecular complexity index is 353. The van der Waals surface area contributed by atoms with Crippen LogP contribution in [0.2, 0.25) is 0 Å². The summed E-state index contributed by atoms with van der Waals surface area (Å²) in [6.45, 7) is 0.278. The molecule has 17 heavy (non-hydrogen) atoms. The minimum absolute atomic E-state index is 0.259. The SMILES string of the molecule is OC(CNOC1CCCC1)c1cccc(F)c1. The molecule has 1 saturated carbocycles. The van der Waals surface area contributed by atoms with Crippen LogP contribution in [0.1, 0.15) is 37.4 Å². The van der Waals surface area contributed by atoms with E-state index in [-0.39, 0.29) is 18.5 Å². The molecule has 1 aliphatic carbocycles. The Morgan fingerprint density at radius 3 is 2.88 bits per heavy atom. The Balaban J connectivity index is 1.74. The highest BCUT2D eigenvalue weighted by atomic mass is 19.1. The molecule has 1 aromatic rings. The van der Waals surface area contributed by atoms with Crippen LogP contribution in [0.4, 0.5) is 4.39 Å². The normalized spacial score (nSPS) is 18.5. The fourth-order valence-electron chi connectivity index (χ4n) is 2.08. The van der Waals surface area contributed by atoms with Crippen LogP contribution in [0.25, 0.3) is 0 Å². The highest BCUT2D eigenvalue weighted by Gasteiger charge is 2.16. The Labute approximate surface area is 101 Å². The zero-order valence-corrected chi connectivity index (χ0v) is 9.73. The predicted octanol–water partition coefficient (Wildman–Crippen LogP) is 2.32. The van der Waals surface area contributed by atoms with Crippen molar-refractivity contribution in [3.63, 3.8) is 0 Å². The van der Waals surface area contributed by atoms with Gasteiger partial charge in [-0.1, -0.05) is 25.0 Å². The Kier molecular flexibility index (Phi) is 4.48. The van der Waals surface area contributed by atoms with Gasteiger partial charge in [-0.2, -0.15) is 5.48 Å². The van der Waals surface area contributed by atoms with Crippen molar-refractivity contribution in [2.45, 2.75) is 37.9 Å². The minimum atomic E-state index is -0.743. The summed E-state index contributed by atoms with van der Waals surface area (Å²) < 4.78 is 12.9. The lowest BCUT2D eigenvalue weighted by atomic mass is 10.1. The first-order valence-corrected chi connectivity index (χ1v) is 6.08.